The summed E-state index contributed by atoms with van der Waals surface area (Å²) in [5, 5.41) is 2.94. The van der Waals surface area contributed by atoms with Gasteiger partial charge in [-0.15, -0.1) is 0 Å². The summed E-state index contributed by atoms with van der Waals surface area (Å²) in [5.74, 6) is 0. The molecule has 0 aliphatic heterocycles. The highest BCUT2D eigenvalue weighted by Crippen LogP contribution is 1.86. The zero-order chi connectivity index (χ0) is 8.53. The molecule has 0 atom stereocenters. The molecule has 4 heteroatoms. The van der Waals surface area contributed by atoms with E-state index in [1.165, 1.54) is 0 Å². The Balaban J connectivity index is 3.04. The molecule has 0 aromatic rings. The first kappa shape index (κ1) is 10.2. The van der Waals surface area contributed by atoms with Gasteiger partial charge in [-0.2, -0.15) is 0 Å². The SMILES string of the molecule is CCOC(=O)OCCCNC. The average molecular weight is 161 g/mol. The lowest BCUT2D eigenvalue weighted by Gasteiger charge is -2.03. The molecular formula is C7H15NO3. The Morgan fingerprint density at radius 1 is 1.45 bits per heavy atom. The molecule has 66 valence electrons. The Morgan fingerprint density at radius 3 is 2.73 bits per heavy atom. The van der Waals surface area contributed by atoms with E-state index in [4.69, 9.17) is 0 Å². The van der Waals surface area contributed by atoms with Crippen molar-refractivity contribution < 1.29 is 14.3 Å². The van der Waals surface area contributed by atoms with Gasteiger partial charge in [0.2, 0.25) is 0 Å². The van der Waals surface area contributed by atoms with Crippen LogP contribution in [0, 0.1) is 0 Å². The van der Waals surface area contributed by atoms with Gasteiger partial charge in [0.1, 0.15) is 0 Å². The molecular weight excluding hydrogens is 146 g/mol. The topological polar surface area (TPSA) is 47.6 Å². The molecule has 0 bridgehead atoms. The Morgan fingerprint density at radius 2 is 2.18 bits per heavy atom. The highest BCUT2D eigenvalue weighted by molar-refractivity contribution is 5.59. The summed E-state index contributed by atoms with van der Waals surface area (Å²) in [6.45, 7) is 3.37. The smallest absolute Gasteiger partial charge is 0.435 e. The average Bonchev–Trinajstić information content (AvgIpc) is 1.99. The largest absolute Gasteiger partial charge is 0.508 e. The van der Waals surface area contributed by atoms with Crippen LogP contribution in [0.3, 0.4) is 0 Å². The molecule has 0 aliphatic carbocycles. The number of carbonyl (C=O) groups excluding carboxylic acids is 1. The van der Waals surface area contributed by atoms with Crippen LogP contribution >= 0.6 is 0 Å². The lowest BCUT2D eigenvalue weighted by atomic mass is 10.5. The molecule has 0 amide bonds. The fourth-order valence-corrected chi connectivity index (χ4v) is 0.564. The Hall–Kier alpha value is -0.770. The monoisotopic (exact) mass is 161 g/mol. The first-order chi connectivity index (χ1) is 5.31. The number of hydrogen-bond donors (Lipinski definition) is 1. The van der Waals surface area contributed by atoms with Crippen LogP contribution in [0.25, 0.3) is 0 Å². The van der Waals surface area contributed by atoms with E-state index in [1.807, 2.05) is 7.05 Å². The van der Waals surface area contributed by atoms with Crippen molar-refractivity contribution >= 4 is 6.16 Å². The van der Waals surface area contributed by atoms with E-state index in [0.29, 0.717) is 13.2 Å². The lowest BCUT2D eigenvalue weighted by Crippen LogP contribution is -2.13. The fourth-order valence-electron chi connectivity index (χ4n) is 0.564. The van der Waals surface area contributed by atoms with Gasteiger partial charge >= 0.3 is 6.16 Å². The van der Waals surface area contributed by atoms with Crippen molar-refractivity contribution in [2.24, 2.45) is 0 Å². The maximum atomic E-state index is 10.5. The van der Waals surface area contributed by atoms with E-state index in [1.54, 1.807) is 6.92 Å². The predicted octanol–water partition coefficient (Wildman–Crippen LogP) is 0.769. The molecule has 0 spiro atoms. The number of rotatable bonds is 5. The molecule has 0 aromatic heterocycles. The van der Waals surface area contributed by atoms with Gasteiger partial charge in [-0.05, 0) is 26.9 Å². The number of ether oxygens (including phenoxy) is 2. The number of carbonyl (C=O) groups is 1. The number of nitrogens with one attached hydrogen (secondary N) is 1. The Labute approximate surface area is 66.9 Å². The Bertz CT molecular complexity index is 106. The van der Waals surface area contributed by atoms with E-state index < -0.39 is 6.16 Å². The van der Waals surface area contributed by atoms with Crippen molar-refractivity contribution in [3.05, 3.63) is 0 Å². The quantitative estimate of drug-likeness (QED) is 0.478. The van der Waals surface area contributed by atoms with E-state index in [0.717, 1.165) is 13.0 Å². The van der Waals surface area contributed by atoms with Crippen molar-refractivity contribution in [2.75, 3.05) is 26.8 Å². The van der Waals surface area contributed by atoms with Crippen LogP contribution in [0.1, 0.15) is 13.3 Å². The second-order valence-electron chi connectivity index (χ2n) is 1.99. The summed E-state index contributed by atoms with van der Waals surface area (Å²) in [4.78, 5) is 10.5. The minimum Gasteiger partial charge on any atom is -0.435 e. The molecule has 0 saturated carbocycles. The van der Waals surface area contributed by atoms with Crippen molar-refractivity contribution in [1.29, 1.82) is 0 Å². The second kappa shape index (κ2) is 7.34. The van der Waals surface area contributed by atoms with Crippen LogP contribution in [-0.4, -0.2) is 33.0 Å². The van der Waals surface area contributed by atoms with E-state index in [-0.39, 0.29) is 0 Å². The van der Waals surface area contributed by atoms with Crippen molar-refractivity contribution in [3.8, 4) is 0 Å². The predicted molar refractivity (Wildman–Crippen MR) is 41.5 cm³/mol. The standard InChI is InChI=1S/C7H15NO3/c1-3-10-7(9)11-6-4-5-8-2/h8H,3-6H2,1-2H3. The zero-order valence-electron chi connectivity index (χ0n) is 7.05. The van der Waals surface area contributed by atoms with Crippen molar-refractivity contribution in [3.63, 3.8) is 0 Å². The van der Waals surface area contributed by atoms with Crippen LogP contribution in [0.2, 0.25) is 0 Å². The summed E-state index contributed by atoms with van der Waals surface area (Å²) in [6.07, 6.45) is 0.235. The van der Waals surface area contributed by atoms with Crippen molar-refractivity contribution in [2.45, 2.75) is 13.3 Å². The van der Waals surface area contributed by atoms with Gasteiger partial charge in [-0.1, -0.05) is 0 Å². The maximum absolute atomic E-state index is 10.5. The molecule has 0 aromatic carbocycles. The third kappa shape index (κ3) is 7.12. The lowest BCUT2D eigenvalue weighted by molar-refractivity contribution is 0.0585. The maximum Gasteiger partial charge on any atom is 0.508 e. The third-order valence-corrected chi connectivity index (χ3v) is 1.05. The minimum absolute atomic E-state index is 0.366. The van der Waals surface area contributed by atoms with Gasteiger partial charge in [0.05, 0.1) is 13.2 Å². The highest BCUT2D eigenvalue weighted by atomic mass is 16.7. The molecule has 0 unspecified atom stereocenters. The first-order valence-electron chi connectivity index (χ1n) is 3.75. The summed E-state index contributed by atoms with van der Waals surface area (Å²) in [7, 11) is 1.85. The van der Waals surface area contributed by atoms with Crippen LogP contribution in [-0.2, 0) is 9.47 Å². The number of hydrogen-bond acceptors (Lipinski definition) is 4. The van der Waals surface area contributed by atoms with Crippen LogP contribution in [0.5, 0.6) is 0 Å². The summed E-state index contributed by atoms with van der Waals surface area (Å²) in [6, 6.07) is 0. The van der Waals surface area contributed by atoms with Gasteiger partial charge in [0.15, 0.2) is 0 Å². The van der Waals surface area contributed by atoms with Gasteiger partial charge < -0.3 is 14.8 Å². The molecule has 11 heavy (non-hydrogen) atoms. The van der Waals surface area contributed by atoms with E-state index in [9.17, 15) is 4.79 Å². The van der Waals surface area contributed by atoms with Crippen LogP contribution < -0.4 is 5.32 Å². The van der Waals surface area contributed by atoms with Crippen LogP contribution in [0.4, 0.5) is 4.79 Å². The summed E-state index contributed by atoms with van der Waals surface area (Å²) in [5.41, 5.74) is 0. The fraction of sp³-hybridized carbons (Fsp3) is 0.857. The van der Waals surface area contributed by atoms with E-state index in [2.05, 4.69) is 14.8 Å². The molecule has 1 N–H and O–H groups in total. The van der Waals surface area contributed by atoms with Gasteiger partial charge in [0.25, 0.3) is 0 Å². The first-order valence-corrected chi connectivity index (χ1v) is 3.75. The van der Waals surface area contributed by atoms with Gasteiger partial charge in [-0.3, -0.25) is 0 Å². The van der Waals surface area contributed by atoms with Gasteiger partial charge in [-0.25, -0.2) is 4.79 Å². The van der Waals surface area contributed by atoms with Crippen molar-refractivity contribution in [1.82, 2.24) is 5.32 Å². The molecule has 0 rings (SSSR count). The molecule has 0 heterocycles. The minimum atomic E-state index is -0.580. The highest BCUT2D eigenvalue weighted by Gasteiger charge is 1.99. The summed E-state index contributed by atoms with van der Waals surface area (Å²) < 4.78 is 9.22. The van der Waals surface area contributed by atoms with Gasteiger partial charge in [0, 0.05) is 0 Å². The molecule has 0 radical (unpaired) electrons. The second-order valence-corrected chi connectivity index (χ2v) is 1.99. The molecule has 0 aliphatic rings. The van der Waals surface area contributed by atoms with Crippen LogP contribution in [0.15, 0.2) is 0 Å². The van der Waals surface area contributed by atoms with E-state index >= 15 is 0 Å². The third-order valence-electron chi connectivity index (χ3n) is 1.05. The summed E-state index contributed by atoms with van der Waals surface area (Å²) >= 11 is 0. The normalized spacial score (nSPS) is 9.27. The Kier molecular flexibility index (Phi) is 6.82. The molecule has 0 saturated heterocycles. The molecule has 4 nitrogen and oxygen atoms in total. The molecule has 0 fully saturated rings. The zero-order valence-corrected chi connectivity index (χ0v) is 7.05.